The first-order valence-electron chi connectivity index (χ1n) is 6.59. The van der Waals surface area contributed by atoms with Crippen LogP contribution in [0.4, 0.5) is 0 Å². The van der Waals surface area contributed by atoms with Crippen molar-refractivity contribution >= 4 is 16.9 Å². The van der Waals surface area contributed by atoms with E-state index in [0.29, 0.717) is 11.1 Å². The summed E-state index contributed by atoms with van der Waals surface area (Å²) in [4.78, 5) is 12.1. The lowest BCUT2D eigenvalue weighted by Gasteiger charge is -2.05. The van der Waals surface area contributed by atoms with Gasteiger partial charge in [-0.15, -0.1) is 0 Å². The SMILES string of the molecule is O=C(OCc1ccccc1)c1ccc2c(ccc[n+]2O)c1. The van der Waals surface area contributed by atoms with Gasteiger partial charge in [0.05, 0.1) is 10.9 Å². The van der Waals surface area contributed by atoms with E-state index in [1.807, 2.05) is 36.4 Å². The van der Waals surface area contributed by atoms with Gasteiger partial charge in [-0.3, -0.25) is 5.21 Å². The molecule has 0 saturated carbocycles. The normalized spacial score (nSPS) is 10.5. The molecule has 0 spiro atoms. The zero-order valence-electron chi connectivity index (χ0n) is 11.3. The fourth-order valence-electron chi connectivity index (χ4n) is 2.14. The molecule has 104 valence electrons. The molecule has 1 aromatic heterocycles. The van der Waals surface area contributed by atoms with Crippen molar-refractivity contribution in [3.63, 3.8) is 0 Å². The van der Waals surface area contributed by atoms with Crippen molar-refractivity contribution in [2.24, 2.45) is 0 Å². The van der Waals surface area contributed by atoms with Gasteiger partial charge in [-0.05, 0) is 23.8 Å². The van der Waals surface area contributed by atoms with Crippen LogP contribution in [0.25, 0.3) is 10.9 Å². The second-order valence-corrected chi connectivity index (χ2v) is 4.69. The highest BCUT2D eigenvalue weighted by Gasteiger charge is 2.12. The lowest BCUT2D eigenvalue weighted by molar-refractivity contribution is -0.884. The fraction of sp³-hybridized carbons (Fsp3) is 0.0588. The molecular weight excluding hydrogens is 266 g/mol. The van der Waals surface area contributed by atoms with Gasteiger partial charge in [0.15, 0.2) is 0 Å². The summed E-state index contributed by atoms with van der Waals surface area (Å²) in [6.07, 6.45) is 1.54. The number of pyridine rings is 1. The zero-order valence-corrected chi connectivity index (χ0v) is 11.3. The summed E-state index contributed by atoms with van der Waals surface area (Å²) in [7, 11) is 0. The minimum absolute atomic E-state index is 0.243. The van der Waals surface area contributed by atoms with E-state index in [9.17, 15) is 10.0 Å². The third-order valence-electron chi connectivity index (χ3n) is 3.23. The highest BCUT2D eigenvalue weighted by Crippen LogP contribution is 2.13. The predicted molar refractivity (Wildman–Crippen MR) is 76.9 cm³/mol. The van der Waals surface area contributed by atoms with Crippen LogP contribution in [-0.4, -0.2) is 11.2 Å². The van der Waals surface area contributed by atoms with Crippen molar-refractivity contribution in [1.82, 2.24) is 0 Å². The Labute approximate surface area is 121 Å². The lowest BCUT2D eigenvalue weighted by Crippen LogP contribution is -2.29. The number of benzene rings is 2. The van der Waals surface area contributed by atoms with Crippen molar-refractivity contribution in [2.45, 2.75) is 6.61 Å². The number of esters is 1. The van der Waals surface area contributed by atoms with Crippen LogP contribution >= 0.6 is 0 Å². The summed E-state index contributed by atoms with van der Waals surface area (Å²) in [5.41, 5.74) is 2.04. The van der Waals surface area contributed by atoms with E-state index in [-0.39, 0.29) is 12.6 Å². The molecule has 0 atom stereocenters. The summed E-state index contributed by atoms with van der Waals surface area (Å²) in [5, 5.41) is 10.4. The molecule has 4 heteroatoms. The molecule has 1 heterocycles. The lowest BCUT2D eigenvalue weighted by atomic mass is 10.1. The van der Waals surface area contributed by atoms with Crippen molar-refractivity contribution < 1.29 is 19.5 Å². The largest absolute Gasteiger partial charge is 0.457 e. The Hall–Kier alpha value is -2.88. The number of carbonyl (C=O) groups is 1. The molecule has 3 rings (SSSR count). The van der Waals surface area contributed by atoms with E-state index >= 15 is 0 Å². The second-order valence-electron chi connectivity index (χ2n) is 4.69. The van der Waals surface area contributed by atoms with Gasteiger partial charge in [-0.1, -0.05) is 30.3 Å². The smallest absolute Gasteiger partial charge is 0.338 e. The number of carbonyl (C=O) groups excluding carboxylic acids is 1. The summed E-state index contributed by atoms with van der Waals surface area (Å²) < 4.78 is 6.31. The number of ether oxygens (including phenoxy) is 1. The second kappa shape index (κ2) is 5.63. The van der Waals surface area contributed by atoms with Crippen LogP contribution in [0.2, 0.25) is 0 Å². The highest BCUT2D eigenvalue weighted by atomic mass is 16.5. The Morgan fingerprint density at radius 3 is 2.67 bits per heavy atom. The molecule has 2 aromatic carbocycles. The van der Waals surface area contributed by atoms with E-state index in [4.69, 9.17) is 4.74 Å². The standard InChI is InChI=1S/C17H14NO3/c19-17(21-12-13-5-2-1-3-6-13)15-8-9-16-14(11-15)7-4-10-18(16)20/h1-11,20H,12H2/q+1. The molecule has 3 aromatic rings. The molecular formula is C17H14NO3+. The van der Waals surface area contributed by atoms with Gasteiger partial charge in [0.2, 0.25) is 6.20 Å². The Balaban J connectivity index is 1.79. The summed E-state index contributed by atoms with van der Waals surface area (Å²) >= 11 is 0. The molecule has 0 aliphatic heterocycles. The van der Waals surface area contributed by atoms with Gasteiger partial charge in [-0.25, -0.2) is 4.79 Å². The molecule has 0 saturated heterocycles. The monoisotopic (exact) mass is 280 g/mol. The first-order chi connectivity index (χ1) is 10.2. The molecule has 4 nitrogen and oxygen atoms in total. The van der Waals surface area contributed by atoms with Gasteiger partial charge in [0.1, 0.15) is 6.61 Å². The van der Waals surface area contributed by atoms with Crippen molar-refractivity contribution in [3.8, 4) is 0 Å². The van der Waals surface area contributed by atoms with Gasteiger partial charge in [0.25, 0.3) is 5.52 Å². The van der Waals surface area contributed by atoms with E-state index in [2.05, 4.69) is 0 Å². The van der Waals surface area contributed by atoms with E-state index in [1.165, 1.54) is 6.20 Å². The molecule has 0 amide bonds. The molecule has 0 aliphatic rings. The van der Waals surface area contributed by atoms with Gasteiger partial charge in [0, 0.05) is 16.9 Å². The van der Waals surface area contributed by atoms with Crippen LogP contribution in [0.15, 0.2) is 66.9 Å². The third-order valence-corrected chi connectivity index (χ3v) is 3.23. The number of hydrogen-bond acceptors (Lipinski definition) is 3. The Morgan fingerprint density at radius 1 is 1.05 bits per heavy atom. The quantitative estimate of drug-likeness (QED) is 0.456. The highest BCUT2D eigenvalue weighted by molar-refractivity contribution is 5.93. The first-order valence-corrected chi connectivity index (χ1v) is 6.59. The van der Waals surface area contributed by atoms with Crippen LogP contribution in [-0.2, 0) is 11.3 Å². The number of hydrogen-bond donors (Lipinski definition) is 1. The average Bonchev–Trinajstić information content (AvgIpc) is 2.53. The molecule has 0 fully saturated rings. The van der Waals surface area contributed by atoms with Crippen molar-refractivity contribution in [2.75, 3.05) is 0 Å². The molecule has 21 heavy (non-hydrogen) atoms. The minimum Gasteiger partial charge on any atom is -0.457 e. The van der Waals surface area contributed by atoms with E-state index in [0.717, 1.165) is 15.7 Å². The van der Waals surface area contributed by atoms with Crippen molar-refractivity contribution in [3.05, 3.63) is 78.0 Å². The van der Waals surface area contributed by atoms with E-state index in [1.54, 1.807) is 24.3 Å². The minimum atomic E-state index is -0.380. The summed E-state index contributed by atoms with van der Waals surface area (Å²) in [5.74, 6) is -0.380. The number of nitrogens with zero attached hydrogens (tertiary/aromatic N) is 1. The van der Waals surface area contributed by atoms with E-state index < -0.39 is 0 Å². The molecule has 0 unspecified atom stereocenters. The average molecular weight is 280 g/mol. The first kappa shape index (κ1) is 13.1. The maximum absolute atomic E-state index is 12.1. The Kier molecular flexibility index (Phi) is 3.51. The third kappa shape index (κ3) is 2.84. The van der Waals surface area contributed by atoms with Crippen molar-refractivity contribution in [1.29, 1.82) is 0 Å². The molecule has 0 bridgehead atoms. The Morgan fingerprint density at radius 2 is 1.86 bits per heavy atom. The number of aromatic nitrogens is 1. The van der Waals surface area contributed by atoms with Crippen LogP contribution in [0.5, 0.6) is 0 Å². The van der Waals surface area contributed by atoms with Crippen LogP contribution in [0.3, 0.4) is 0 Å². The van der Waals surface area contributed by atoms with Gasteiger partial charge in [-0.2, -0.15) is 0 Å². The summed E-state index contributed by atoms with van der Waals surface area (Å²) in [6, 6.07) is 18.1. The molecule has 0 aliphatic carbocycles. The maximum atomic E-state index is 12.1. The Bertz CT molecular complexity index is 784. The predicted octanol–water partition coefficient (Wildman–Crippen LogP) is 2.72. The van der Waals surface area contributed by atoms with Crippen LogP contribution in [0.1, 0.15) is 15.9 Å². The van der Waals surface area contributed by atoms with Crippen LogP contribution < -0.4 is 4.73 Å². The molecule has 1 N–H and O–H groups in total. The zero-order chi connectivity index (χ0) is 14.7. The topological polar surface area (TPSA) is 50.4 Å². The number of rotatable bonds is 3. The van der Waals surface area contributed by atoms with Gasteiger partial charge < -0.3 is 4.74 Å². The molecule has 0 radical (unpaired) electrons. The van der Waals surface area contributed by atoms with Gasteiger partial charge >= 0.3 is 5.97 Å². The number of fused-ring (bicyclic) bond motifs is 1. The summed E-state index contributed by atoms with van der Waals surface area (Å²) in [6.45, 7) is 0.243. The fourth-order valence-corrected chi connectivity index (χ4v) is 2.14. The van der Waals surface area contributed by atoms with Crippen LogP contribution in [0, 0.1) is 0 Å². The maximum Gasteiger partial charge on any atom is 0.338 e.